The molecule has 0 aromatic carbocycles. The lowest BCUT2D eigenvalue weighted by atomic mass is 9.99. The zero-order valence-electron chi connectivity index (χ0n) is 10.2. The van der Waals surface area contributed by atoms with Gasteiger partial charge in [0.25, 0.3) is 0 Å². The third kappa shape index (κ3) is 2.33. The molecule has 0 spiro atoms. The summed E-state index contributed by atoms with van der Waals surface area (Å²) in [4.78, 5) is 8.60. The summed E-state index contributed by atoms with van der Waals surface area (Å²) in [5, 5.41) is 1.93. The number of aryl methyl sites for hydroxylation is 1. The molecule has 94 valence electrons. The number of fused-ring (bicyclic) bond motifs is 1. The third-order valence-corrected chi connectivity index (χ3v) is 5.92. The molecule has 2 aliphatic rings. The van der Waals surface area contributed by atoms with E-state index in [1.54, 1.807) is 0 Å². The van der Waals surface area contributed by atoms with Crippen LogP contribution in [-0.2, 0) is 6.42 Å². The Labute approximate surface area is 111 Å². The number of thioether (sulfide) groups is 1. The van der Waals surface area contributed by atoms with Gasteiger partial charge in [0.05, 0.1) is 5.69 Å². The van der Waals surface area contributed by atoms with Crippen LogP contribution < -0.4 is 10.6 Å². The van der Waals surface area contributed by atoms with E-state index in [-0.39, 0.29) is 6.04 Å². The monoisotopic (exact) mass is 269 g/mol. The van der Waals surface area contributed by atoms with Gasteiger partial charge < -0.3 is 10.6 Å². The molecule has 2 N–H and O–H groups in total. The van der Waals surface area contributed by atoms with E-state index in [0.717, 1.165) is 31.2 Å². The zero-order valence-corrected chi connectivity index (χ0v) is 11.8. The minimum absolute atomic E-state index is 0.238. The standard InChI is InChI=1S/C12H19N3S2/c1-8-7-15(5-6-16-8)12-14-10-4-2-3-9(13)11(10)17-12/h8-9H,2-7,13H2,1H3. The first-order valence-electron chi connectivity index (χ1n) is 6.36. The molecule has 3 nitrogen and oxygen atoms in total. The van der Waals surface area contributed by atoms with Crippen molar-refractivity contribution in [3.63, 3.8) is 0 Å². The SMILES string of the molecule is CC1CN(c2nc3c(s2)C(N)CCC3)CCS1. The number of thiazole rings is 1. The van der Waals surface area contributed by atoms with E-state index in [9.17, 15) is 0 Å². The maximum Gasteiger partial charge on any atom is 0.185 e. The molecule has 2 heterocycles. The van der Waals surface area contributed by atoms with E-state index in [1.807, 2.05) is 11.3 Å². The zero-order chi connectivity index (χ0) is 11.8. The number of rotatable bonds is 1. The highest BCUT2D eigenvalue weighted by Crippen LogP contribution is 2.37. The van der Waals surface area contributed by atoms with E-state index in [0.29, 0.717) is 0 Å². The first-order chi connectivity index (χ1) is 8.24. The van der Waals surface area contributed by atoms with Gasteiger partial charge in [-0.2, -0.15) is 11.8 Å². The van der Waals surface area contributed by atoms with E-state index in [1.165, 1.54) is 27.9 Å². The average Bonchev–Trinajstić information content (AvgIpc) is 2.74. The van der Waals surface area contributed by atoms with Gasteiger partial charge in [-0.3, -0.25) is 0 Å². The van der Waals surface area contributed by atoms with E-state index < -0.39 is 0 Å². The van der Waals surface area contributed by atoms with E-state index >= 15 is 0 Å². The average molecular weight is 269 g/mol. The Hall–Kier alpha value is -0.260. The molecule has 1 aromatic rings. The second-order valence-corrected chi connectivity index (χ2v) is 7.49. The fourth-order valence-corrected chi connectivity index (χ4v) is 4.76. The summed E-state index contributed by atoms with van der Waals surface area (Å²) in [6.45, 7) is 4.57. The third-order valence-electron chi connectivity index (χ3n) is 3.49. The van der Waals surface area contributed by atoms with Gasteiger partial charge in [0.2, 0.25) is 0 Å². The minimum Gasteiger partial charge on any atom is -0.346 e. The maximum atomic E-state index is 6.16. The molecule has 5 heteroatoms. The van der Waals surface area contributed by atoms with Crippen molar-refractivity contribution < 1.29 is 0 Å². The Bertz CT molecular complexity index is 404. The summed E-state index contributed by atoms with van der Waals surface area (Å²) in [7, 11) is 0. The Balaban J connectivity index is 1.83. The van der Waals surface area contributed by atoms with Gasteiger partial charge in [-0.1, -0.05) is 18.3 Å². The summed E-state index contributed by atoms with van der Waals surface area (Å²) in [5.41, 5.74) is 7.44. The summed E-state index contributed by atoms with van der Waals surface area (Å²) in [6, 6.07) is 0.238. The highest BCUT2D eigenvalue weighted by molar-refractivity contribution is 8.00. The van der Waals surface area contributed by atoms with Crippen LogP contribution in [0, 0.1) is 0 Å². The number of aromatic nitrogens is 1. The summed E-state index contributed by atoms with van der Waals surface area (Å²) in [5.74, 6) is 1.22. The summed E-state index contributed by atoms with van der Waals surface area (Å²) >= 11 is 3.89. The Morgan fingerprint density at radius 1 is 1.47 bits per heavy atom. The van der Waals surface area contributed by atoms with Gasteiger partial charge in [-0.25, -0.2) is 4.98 Å². The fourth-order valence-electron chi connectivity index (χ4n) is 2.57. The first-order valence-corrected chi connectivity index (χ1v) is 8.22. The van der Waals surface area contributed by atoms with Crippen LogP contribution in [0.25, 0.3) is 0 Å². The Morgan fingerprint density at radius 3 is 3.12 bits per heavy atom. The van der Waals surface area contributed by atoms with Crippen LogP contribution in [-0.4, -0.2) is 29.1 Å². The van der Waals surface area contributed by atoms with Gasteiger partial charge in [-0.05, 0) is 19.3 Å². The molecule has 17 heavy (non-hydrogen) atoms. The smallest absolute Gasteiger partial charge is 0.185 e. The molecule has 1 aliphatic heterocycles. The largest absolute Gasteiger partial charge is 0.346 e. The van der Waals surface area contributed by atoms with Crippen molar-refractivity contribution in [2.75, 3.05) is 23.7 Å². The first kappa shape index (κ1) is 11.8. The Kier molecular flexibility index (Phi) is 3.32. The summed E-state index contributed by atoms with van der Waals surface area (Å²) < 4.78 is 0. The molecule has 0 saturated carbocycles. The van der Waals surface area contributed by atoms with Crippen LogP contribution in [0.4, 0.5) is 5.13 Å². The van der Waals surface area contributed by atoms with Gasteiger partial charge in [-0.15, -0.1) is 0 Å². The lowest BCUT2D eigenvalue weighted by Crippen LogP contribution is -2.36. The molecule has 1 fully saturated rings. The lowest BCUT2D eigenvalue weighted by molar-refractivity contribution is 0.573. The van der Waals surface area contributed by atoms with E-state index in [4.69, 9.17) is 10.7 Å². The van der Waals surface area contributed by atoms with Crippen molar-refractivity contribution in [3.05, 3.63) is 10.6 Å². The maximum absolute atomic E-state index is 6.16. The second-order valence-electron chi connectivity index (χ2n) is 4.93. The molecule has 2 unspecified atom stereocenters. The van der Waals surface area contributed by atoms with Crippen molar-refractivity contribution in [3.8, 4) is 0 Å². The number of hydrogen-bond donors (Lipinski definition) is 1. The van der Waals surface area contributed by atoms with Crippen LogP contribution in [0.5, 0.6) is 0 Å². The molecule has 3 rings (SSSR count). The molecule has 1 aromatic heterocycles. The van der Waals surface area contributed by atoms with Crippen LogP contribution in [0.1, 0.15) is 36.4 Å². The molecule has 0 bridgehead atoms. The van der Waals surface area contributed by atoms with Gasteiger partial charge >= 0.3 is 0 Å². The van der Waals surface area contributed by atoms with Crippen LogP contribution in [0.15, 0.2) is 0 Å². The second kappa shape index (κ2) is 4.78. The van der Waals surface area contributed by atoms with Gasteiger partial charge in [0, 0.05) is 35.0 Å². The number of hydrogen-bond acceptors (Lipinski definition) is 5. The molecular weight excluding hydrogens is 250 g/mol. The highest BCUT2D eigenvalue weighted by Gasteiger charge is 2.25. The van der Waals surface area contributed by atoms with Crippen LogP contribution in [0.2, 0.25) is 0 Å². The minimum atomic E-state index is 0.238. The molecule has 1 saturated heterocycles. The van der Waals surface area contributed by atoms with Crippen molar-refractivity contribution >= 4 is 28.2 Å². The number of nitrogens with zero attached hydrogens (tertiary/aromatic N) is 2. The lowest BCUT2D eigenvalue weighted by Gasteiger charge is -2.30. The highest BCUT2D eigenvalue weighted by atomic mass is 32.2. The number of nitrogens with two attached hydrogens (primary N) is 1. The van der Waals surface area contributed by atoms with Crippen molar-refractivity contribution in [1.82, 2.24) is 4.98 Å². The van der Waals surface area contributed by atoms with E-state index in [2.05, 4.69) is 23.6 Å². The normalized spacial score (nSPS) is 29.2. The predicted molar refractivity (Wildman–Crippen MR) is 76.1 cm³/mol. The molecule has 1 aliphatic carbocycles. The molecular formula is C12H19N3S2. The molecule has 0 amide bonds. The molecule has 0 radical (unpaired) electrons. The van der Waals surface area contributed by atoms with Gasteiger partial charge in [0.15, 0.2) is 5.13 Å². The van der Waals surface area contributed by atoms with Crippen molar-refractivity contribution in [1.29, 1.82) is 0 Å². The topological polar surface area (TPSA) is 42.2 Å². The molecule has 2 atom stereocenters. The van der Waals surface area contributed by atoms with Crippen LogP contribution >= 0.6 is 23.1 Å². The van der Waals surface area contributed by atoms with Gasteiger partial charge in [0.1, 0.15) is 0 Å². The fraction of sp³-hybridized carbons (Fsp3) is 0.750. The number of anilines is 1. The van der Waals surface area contributed by atoms with Crippen molar-refractivity contribution in [2.45, 2.75) is 37.5 Å². The predicted octanol–water partition coefficient (Wildman–Crippen LogP) is 2.42. The quantitative estimate of drug-likeness (QED) is 0.850. The van der Waals surface area contributed by atoms with Crippen LogP contribution in [0.3, 0.4) is 0 Å². The Morgan fingerprint density at radius 2 is 2.35 bits per heavy atom. The summed E-state index contributed by atoms with van der Waals surface area (Å²) in [6.07, 6.45) is 3.45. The van der Waals surface area contributed by atoms with Crippen molar-refractivity contribution in [2.24, 2.45) is 5.73 Å².